The molecular formula is C17H21N3O4. The number of pyridine rings is 1. The third-order valence-corrected chi connectivity index (χ3v) is 3.41. The number of aliphatic carboxylic acids is 1. The number of aliphatic hydroxyl groups excluding tert-OH is 1. The first-order valence-electron chi connectivity index (χ1n) is 7.57. The van der Waals surface area contributed by atoms with Crippen molar-refractivity contribution in [3.05, 3.63) is 53.7 Å². The Morgan fingerprint density at radius 3 is 2.58 bits per heavy atom. The summed E-state index contributed by atoms with van der Waals surface area (Å²) in [5, 5.41) is 21.0. The summed E-state index contributed by atoms with van der Waals surface area (Å²) in [5.41, 5.74) is 7.21. The minimum atomic E-state index is -0.868. The predicted octanol–water partition coefficient (Wildman–Crippen LogP) is 0.993. The first kappa shape index (κ1) is 17.7. The molecule has 0 saturated carbocycles. The Balaban J connectivity index is 1.99. The number of anilines is 1. The molecule has 0 saturated heterocycles. The first-order valence-corrected chi connectivity index (χ1v) is 7.57. The van der Waals surface area contributed by atoms with Crippen LogP contribution in [0.15, 0.2) is 42.6 Å². The lowest BCUT2D eigenvalue weighted by Gasteiger charge is -2.19. The summed E-state index contributed by atoms with van der Waals surface area (Å²) in [7, 11) is 0. The van der Waals surface area contributed by atoms with Gasteiger partial charge in [0.2, 0.25) is 0 Å². The lowest BCUT2D eigenvalue weighted by molar-refractivity contribution is -0.136. The van der Waals surface area contributed by atoms with Gasteiger partial charge in [-0.05, 0) is 29.3 Å². The molecule has 1 atom stereocenters. The van der Waals surface area contributed by atoms with E-state index in [0.717, 1.165) is 5.56 Å². The second-order valence-corrected chi connectivity index (χ2v) is 5.27. The quantitative estimate of drug-likeness (QED) is 0.541. The standard InChI is InChI=1S/C17H21N3O4/c18-16-6-3-13(10-20-16)15(19-7-8-21)11-24-14-4-1-12(2-5-14)9-17(22)23/h1-6,10,15,19,21H,7-9,11H2,(H2,18,20)(H,22,23). The van der Waals surface area contributed by atoms with E-state index < -0.39 is 5.97 Å². The number of aliphatic hydroxyl groups is 1. The second kappa shape index (κ2) is 8.85. The lowest BCUT2D eigenvalue weighted by Crippen LogP contribution is -2.29. The van der Waals surface area contributed by atoms with E-state index in [1.54, 1.807) is 36.5 Å². The molecule has 0 aliphatic heterocycles. The van der Waals surface area contributed by atoms with Crippen LogP contribution in [0.5, 0.6) is 5.75 Å². The molecule has 1 unspecified atom stereocenters. The van der Waals surface area contributed by atoms with Crippen molar-refractivity contribution in [2.75, 3.05) is 25.5 Å². The average molecular weight is 331 g/mol. The number of aromatic nitrogens is 1. The molecule has 0 amide bonds. The van der Waals surface area contributed by atoms with Crippen LogP contribution in [-0.4, -0.2) is 40.9 Å². The Hall–Kier alpha value is -2.64. The fourth-order valence-electron chi connectivity index (χ4n) is 2.19. The maximum absolute atomic E-state index is 10.7. The van der Waals surface area contributed by atoms with E-state index >= 15 is 0 Å². The van der Waals surface area contributed by atoms with Crippen LogP contribution in [0, 0.1) is 0 Å². The van der Waals surface area contributed by atoms with Gasteiger partial charge in [0, 0.05) is 12.7 Å². The lowest BCUT2D eigenvalue weighted by atomic mass is 10.1. The van der Waals surface area contributed by atoms with Crippen molar-refractivity contribution < 1.29 is 19.7 Å². The van der Waals surface area contributed by atoms with Crippen molar-refractivity contribution in [3.63, 3.8) is 0 Å². The molecule has 1 aromatic carbocycles. The smallest absolute Gasteiger partial charge is 0.307 e. The Bertz CT molecular complexity index is 644. The zero-order chi connectivity index (χ0) is 17.4. The van der Waals surface area contributed by atoms with Gasteiger partial charge in [-0.15, -0.1) is 0 Å². The molecule has 1 aromatic heterocycles. The van der Waals surface area contributed by atoms with Crippen LogP contribution in [-0.2, 0) is 11.2 Å². The molecule has 0 aliphatic carbocycles. The first-order chi connectivity index (χ1) is 11.6. The maximum atomic E-state index is 10.7. The highest BCUT2D eigenvalue weighted by molar-refractivity contribution is 5.70. The molecule has 1 heterocycles. The number of hydrogen-bond acceptors (Lipinski definition) is 6. The fourth-order valence-corrected chi connectivity index (χ4v) is 2.19. The molecule has 0 spiro atoms. The molecule has 7 heteroatoms. The van der Waals surface area contributed by atoms with Gasteiger partial charge in [-0.25, -0.2) is 4.98 Å². The third-order valence-electron chi connectivity index (χ3n) is 3.41. The highest BCUT2D eigenvalue weighted by Gasteiger charge is 2.12. The topological polar surface area (TPSA) is 118 Å². The molecule has 128 valence electrons. The summed E-state index contributed by atoms with van der Waals surface area (Å²) in [4.78, 5) is 14.7. The van der Waals surface area contributed by atoms with Crippen molar-refractivity contribution in [2.24, 2.45) is 0 Å². The SMILES string of the molecule is Nc1ccc(C(COc2ccc(CC(=O)O)cc2)NCCO)cn1. The van der Waals surface area contributed by atoms with Crippen LogP contribution in [0.1, 0.15) is 17.2 Å². The number of carboxylic acids is 1. The molecule has 24 heavy (non-hydrogen) atoms. The van der Waals surface area contributed by atoms with Gasteiger partial charge < -0.3 is 26.0 Å². The van der Waals surface area contributed by atoms with E-state index in [2.05, 4.69) is 10.3 Å². The Labute approximate surface area is 140 Å². The molecular weight excluding hydrogens is 310 g/mol. The van der Waals surface area contributed by atoms with E-state index in [0.29, 0.717) is 30.3 Å². The van der Waals surface area contributed by atoms with Crippen molar-refractivity contribution in [3.8, 4) is 5.75 Å². The Kier molecular flexibility index (Phi) is 6.53. The van der Waals surface area contributed by atoms with Crippen molar-refractivity contribution >= 4 is 11.8 Å². The predicted molar refractivity (Wildman–Crippen MR) is 89.8 cm³/mol. The minimum absolute atomic E-state index is 0.0158. The molecule has 0 radical (unpaired) electrons. The van der Waals surface area contributed by atoms with Gasteiger partial charge in [-0.2, -0.15) is 0 Å². The van der Waals surface area contributed by atoms with Gasteiger partial charge in [0.15, 0.2) is 0 Å². The molecule has 2 aromatic rings. The van der Waals surface area contributed by atoms with E-state index in [4.69, 9.17) is 20.7 Å². The number of nitrogens with two attached hydrogens (primary N) is 1. The summed E-state index contributed by atoms with van der Waals surface area (Å²) in [6.45, 7) is 0.780. The maximum Gasteiger partial charge on any atom is 0.307 e. The molecule has 7 nitrogen and oxygen atoms in total. The number of hydrogen-bond donors (Lipinski definition) is 4. The van der Waals surface area contributed by atoms with Crippen molar-refractivity contribution in [1.29, 1.82) is 0 Å². The van der Waals surface area contributed by atoms with Gasteiger partial charge in [0.1, 0.15) is 18.2 Å². The normalized spacial score (nSPS) is 11.9. The van der Waals surface area contributed by atoms with Gasteiger partial charge >= 0.3 is 5.97 Å². The third kappa shape index (κ3) is 5.53. The van der Waals surface area contributed by atoms with Gasteiger partial charge in [-0.3, -0.25) is 4.79 Å². The summed E-state index contributed by atoms with van der Waals surface area (Å²) >= 11 is 0. The second-order valence-electron chi connectivity index (χ2n) is 5.27. The Morgan fingerprint density at radius 1 is 1.25 bits per heavy atom. The van der Waals surface area contributed by atoms with Gasteiger partial charge in [0.25, 0.3) is 0 Å². The fraction of sp³-hybridized carbons (Fsp3) is 0.294. The largest absolute Gasteiger partial charge is 0.492 e. The van der Waals surface area contributed by atoms with Gasteiger partial charge in [0.05, 0.1) is 19.1 Å². The monoisotopic (exact) mass is 331 g/mol. The van der Waals surface area contributed by atoms with Crippen LogP contribution >= 0.6 is 0 Å². The van der Waals surface area contributed by atoms with Crippen molar-refractivity contribution in [2.45, 2.75) is 12.5 Å². The van der Waals surface area contributed by atoms with Crippen molar-refractivity contribution in [1.82, 2.24) is 10.3 Å². The van der Waals surface area contributed by atoms with E-state index in [1.165, 1.54) is 0 Å². The molecule has 0 fully saturated rings. The number of carboxylic acid groups (broad SMARTS) is 1. The number of nitrogens with one attached hydrogen (secondary N) is 1. The zero-order valence-corrected chi connectivity index (χ0v) is 13.2. The zero-order valence-electron chi connectivity index (χ0n) is 13.2. The molecule has 0 aliphatic rings. The number of nitrogens with zero attached hydrogens (tertiary/aromatic N) is 1. The van der Waals surface area contributed by atoms with E-state index in [9.17, 15) is 4.79 Å². The highest BCUT2D eigenvalue weighted by Crippen LogP contribution is 2.17. The molecule has 2 rings (SSSR count). The summed E-state index contributed by atoms with van der Waals surface area (Å²) in [5.74, 6) is 0.214. The van der Waals surface area contributed by atoms with Gasteiger partial charge in [-0.1, -0.05) is 18.2 Å². The van der Waals surface area contributed by atoms with Crippen LogP contribution in [0.3, 0.4) is 0 Å². The number of benzene rings is 1. The average Bonchev–Trinajstić information content (AvgIpc) is 2.57. The number of nitrogen functional groups attached to an aromatic ring is 1. The summed E-state index contributed by atoms with van der Waals surface area (Å²) < 4.78 is 5.76. The van der Waals surface area contributed by atoms with Crippen LogP contribution in [0.4, 0.5) is 5.82 Å². The summed E-state index contributed by atoms with van der Waals surface area (Å²) in [6.07, 6.45) is 1.65. The van der Waals surface area contributed by atoms with E-state index in [-0.39, 0.29) is 19.1 Å². The number of ether oxygens (including phenoxy) is 1. The van der Waals surface area contributed by atoms with Crippen LogP contribution in [0.2, 0.25) is 0 Å². The minimum Gasteiger partial charge on any atom is -0.492 e. The highest BCUT2D eigenvalue weighted by atomic mass is 16.5. The number of carbonyl (C=O) groups is 1. The number of rotatable bonds is 9. The Morgan fingerprint density at radius 2 is 2.00 bits per heavy atom. The van der Waals surface area contributed by atoms with Crippen LogP contribution < -0.4 is 15.8 Å². The summed E-state index contributed by atoms with van der Waals surface area (Å²) in [6, 6.07) is 10.4. The van der Waals surface area contributed by atoms with Crippen LogP contribution in [0.25, 0.3) is 0 Å². The molecule has 5 N–H and O–H groups in total. The molecule has 0 bridgehead atoms. The van der Waals surface area contributed by atoms with E-state index in [1.807, 2.05) is 6.07 Å².